The number of carbonyl (C=O) groups excluding carboxylic acids is 2. The number of pyridine rings is 2. The lowest BCUT2D eigenvalue weighted by atomic mass is 9.97. The van der Waals surface area contributed by atoms with Crippen LogP contribution in [-0.2, 0) is 24.2 Å². The van der Waals surface area contributed by atoms with Gasteiger partial charge in [-0.05, 0) is 62.3 Å². The van der Waals surface area contributed by atoms with Crippen LogP contribution in [-0.4, -0.2) is 106 Å². The van der Waals surface area contributed by atoms with Gasteiger partial charge >= 0.3 is 0 Å². The molecule has 48 heavy (non-hydrogen) atoms. The lowest BCUT2D eigenvalue weighted by molar-refractivity contribution is -0.121. The Hall–Kier alpha value is -4.32. The molecule has 3 aliphatic rings. The fourth-order valence-corrected chi connectivity index (χ4v) is 7.32. The zero-order valence-electron chi connectivity index (χ0n) is 28.9. The maximum absolute atomic E-state index is 14.2. The summed E-state index contributed by atoms with van der Waals surface area (Å²) in [4.78, 5) is 43.7. The van der Waals surface area contributed by atoms with E-state index in [9.17, 15) is 9.59 Å². The predicted octanol–water partition coefficient (Wildman–Crippen LogP) is 3.85. The number of rotatable bonds is 6. The number of anilines is 1. The van der Waals surface area contributed by atoms with Crippen molar-refractivity contribution in [1.29, 1.82) is 0 Å². The first-order valence-corrected chi connectivity index (χ1v) is 17.1. The summed E-state index contributed by atoms with van der Waals surface area (Å²) in [6.45, 7) is 7.11. The highest BCUT2D eigenvalue weighted by Gasteiger charge is 2.29. The number of carbonyl (C=O) groups is 2. The molecule has 0 saturated carbocycles. The third kappa shape index (κ3) is 6.80. The molecule has 258 valence electrons. The second-order valence-electron chi connectivity index (χ2n) is 12.9. The minimum Gasteiger partial charge on any atom is -0.493 e. The molecule has 6 rings (SSSR count). The summed E-state index contributed by atoms with van der Waals surface area (Å²) in [6, 6.07) is 6.01. The smallest absolute Gasteiger partial charge is 0.259 e. The topological polar surface area (TPSA) is 119 Å². The Balaban J connectivity index is 1.38. The van der Waals surface area contributed by atoms with Crippen molar-refractivity contribution in [3.8, 4) is 23.1 Å². The average molecular weight is 661 g/mol. The molecule has 0 spiro atoms. The van der Waals surface area contributed by atoms with Crippen LogP contribution in [0.5, 0.6) is 23.1 Å². The molecule has 1 aliphatic carbocycles. The highest BCUT2D eigenvalue weighted by molar-refractivity contribution is 5.97. The Morgan fingerprint density at radius 2 is 1.73 bits per heavy atom. The van der Waals surface area contributed by atoms with E-state index >= 15 is 0 Å². The summed E-state index contributed by atoms with van der Waals surface area (Å²) in [7, 11) is 6.40. The molecule has 1 saturated heterocycles. The molecule has 1 unspecified atom stereocenters. The van der Waals surface area contributed by atoms with Gasteiger partial charge in [-0.1, -0.05) is 6.92 Å². The van der Waals surface area contributed by atoms with Crippen molar-refractivity contribution in [2.75, 3.05) is 79.2 Å². The maximum atomic E-state index is 14.2. The molecule has 1 aromatic carbocycles. The van der Waals surface area contributed by atoms with Crippen LogP contribution in [0.2, 0.25) is 0 Å². The number of ether oxygens (including phenoxy) is 4. The zero-order chi connectivity index (χ0) is 33.8. The molecular formula is C36H48N6O6. The summed E-state index contributed by atoms with van der Waals surface area (Å²) in [5.74, 6) is 2.99. The van der Waals surface area contributed by atoms with Crippen LogP contribution in [0.4, 0.5) is 5.82 Å². The summed E-state index contributed by atoms with van der Waals surface area (Å²) >= 11 is 0. The number of benzene rings is 1. The van der Waals surface area contributed by atoms with Gasteiger partial charge in [0, 0.05) is 74.9 Å². The van der Waals surface area contributed by atoms with E-state index in [4.69, 9.17) is 23.9 Å². The quantitative estimate of drug-likeness (QED) is 0.418. The maximum Gasteiger partial charge on any atom is 0.259 e. The molecule has 2 aliphatic heterocycles. The normalized spacial score (nSPS) is 19.1. The highest BCUT2D eigenvalue weighted by atomic mass is 16.5. The number of aryl methyl sites for hydroxylation is 2. The molecule has 3 aromatic rings. The number of piperidine rings is 1. The third-order valence-corrected chi connectivity index (χ3v) is 9.95. The fourth-order valence-electron chi connectivity index (χ4n) is 7.32. The van der Waals surface area contributed by atoms with Gasteiger partial charge in [-0.2, -0.15) is 0 Å². The number of likely N-dealkylation sites (N-methyl/N-ethyl adjacent to an activating group) is 1. The van der Waals surface area contributed by atoms with Gasteiger partial charge in [0.25, 0.3) is 5.91 Å². The van der Waals surface area contributed by atoms with Crippen molar-refractivity contribution < 1.29 is 28.5 Å². The van der Waals surface area contributed by atoms with Crippen molar-refractivity contribution in [1.82, 2.24) is 25.1 Å². The molecule has 1 N–H and O–H groups in total. The van der Waals surface area contributed by atoms with E-state index in [0.29, 0.717) is 61.4 Å². The minimum absolute atomic E-state index is 0.0520. The van der Waals surface area contributed by atoms with Crippen LogP contribution in [0.3, 0.4) is 0 Å². The molecule has 12 nitrogen and oxygen atoms in total. The Kier molecular flexibility index (Phi) is 10.4. The number of aromatic nitrogens is 2. The van der Waals surface area contributed by atoms with E-state index in [1.807, 2.05) is 12.1 Å². The minimum atomic E-state index is -0.164. The van der Waals surface area contributed by atoms with Crippen LogP contribution >= 0.6 is 0 Å². The van der Waals surface area contributed by atoms with E-state index < -0.39 is 0 Å². The molecule has 2 amide bonds. The Morgan fingerprint density at radius 1 is 0.896 bits per heavy atom. The third-order valence-electron chi connectivity index (χ3n) is 9.95. The Bertz CT molecular complexity index is 1660. The number of hydrogen-bond donors (Lipinski definition) is 1. The second kappa shape index (κ2) is 14.8. The van der Waals surface area contributed by atoms with E-state index in [1.54, 1.807) is 33.3 Å². The number of methoxy groups -OCH3 is 4. The SMILES string of the molecule is CCN1CCN(C(=O)c2cc3c(nc2OC)CCC3)CCC(=O)NCC2CCCN(C2)c2nc3cc(OC)c(OC)c(OC)c3cc2C1. The van der Waals surface area contributed by atoms with Crippen molar-refractivity contribution in [3.05, 3.63) is 40.6 Å². The molecular weight excluding hydrogens is 612 g/mol. The van der Waals surface area contributed by atoms with Gasteiger partial charge in [0.2, 0.25) is 17.5 Å². The van der Waals surface area contributed by atoms with Crippen molar-refractivity contribution in [2.45, 2.75) is 52.0 Å². The summed E-state index contributed by atoms with van der Waals surface area (Å²) in [5.41, 5.74) is 4.39. The molecule has 4 heterocycles. The van der Waals surface area contributed by atoms with Crippen molar-refractivity contribution >= 4 is 28.5 Å². The molecule has 1 atom stereocenters. The Morgan fingerprint density at radius 3 is 2.48 bits per heavy atom. The summed E-state index contributed by atoms with van der Waals surface area (Å²) in [6.07, 6.45) is 5.08. The molecule has 0 radical (unpaired) electrons. The highest BCUT2D eigenvalue weighted by Crippen LogP contribution is 2.44. The van der Waals surface area contributed by atoms with Gasteiger partial charge in [-0.25, -0.2) is 9.97 Å². The van der Waals surface area contributed by atoms with Gasteiger partial charge in [-0.3, -0.25) is 14.5 Å². The summed E-state index contributed by atoms with van der Waals surface area (Å²) in [5, 5.41) is 4.01. The van der Waals surface area contributed by atoms with Crippen LogP contribution in [0.15, 0.2) is 18.2 Å². The monoisotopic (exact) mass is 660 g/mol. The lowest BCUT2D eigenvalue weighted by Crippen LogP contribution is -2.42. The predicted molar refractivity (Wildman–Crippen MR) is 184 cm³/mol. The second-order valence-corrected chi connectivity index (χ2v) is 12.9. The number of hydrogen-bond acceptors (Lipinski definition) is 10. The number of fused-ring (bicyclic) bond motifs is 6. The summed E-state index contributed by atoms with van der Waals surface area (Å²) < 4.78 is 22.8. The van der Waals surface area contributed by atoms with Gasteiger partial charge in [0.1, 0.15) is 11.4 Å². The number of nitrogens with one attached hydrogen (secondary N) is 1. The standard InChI is InChI=1S/C36H48N6O6/c1-6-40-15-16-41(36(44)27-17-24-10-7-11-28(24)39-35(27)48-5)14-12-31(43)37-20-23-9-8-13-42(21-23)34-25(22-40)18-26-29(38-34)19-30(45-2)33(47-4)32(26)46-3/h17-19,23H,6-16,20-22H2,1-5H3,(H,37,43). The molecule has 2 bridgehead atoms. The molecule has 12 heteroatoms. The van der Waals surface area contributed by atoms with Gasteiger partial charge in [0.05, 0.1) is 34.0 Å². The number of nitrogens with zero attached hydrogens (tertiary/aromatic N) is 5. The zero-order valence-corrected chi connectivity index (χ0v) is 28.9. The van der Waals surface area contributed by atoms with Crippen LogP contribution < -0.4 is 29.2 Å². The first-order chi connectivity index (χ1) is 23.4. The van der Waals surface area contributed by atoms with E-state index in [0.717, 1.165) is 85.3 Å². The van der Waals surface area contributed by atoms with Gasteiger partial charge in [-0.15, -0.1) is 0 Å². The largest absolute Gasteiger partial charge is 0.493 e. The average Bonchev–Trinajstić information content (AvgIpc) is 3.58. The van der Waals surface area contributed by atoms with E-state index in [1.165, 1.54) is 0 Å². The molecule has 1 fully saturated rings. The van der Waals surface area contributed by atoms with E-state index in [2.05, 4.69) is 33.1 Å². The number of amides is 2. The van der Waals surface area contributed by atoms with E-state index in [-0.39, 0.29) is 24.2 Å². The van der Waals surface area contributed by atoms with Gasteiger partial charge in [0.15, 0.2) is 11.5 Å². The van der Waals surface area contributed by atoms with Crippen LogP contribution in [0.25, 0.3) is 10.9 Å². The fraction of sp³-hybridized carbons (Fsp3) is 0.556. The van der Waals surface area contributed by atoms with Crippen molar-refractivity contribution in [3.63, 3.8) is 0 Å². The van der Waals surface area contributed by atoms with Crippen LogP contribution in [0, 0.1) is 5.92 Å². The van der Waals surface area contributed by atoms with Crippen LogP contribution in [0.1, 0.15) is 59.8 Å². The van der Waals surface area contributed by atoms with Gasteiger partial charge < -0.3 is 34.1 Å². The first kappa shape index (κ1) is 33.6. The first-order valence-electron chi connectivity index (χ1n) is 17.1. The lowest BCUT2D eigenvalue weighted by Gasteiger charge is -2.35. The van der Waals surface area contributed by atoms with Crippen molar-refractivity contribution in [2.24, 2.45) is 5.92 Å². The molecule has 2 aromatic heterocycles. The Labute approximate surface area is 282 Å².